The van der Waals surface area contributed by atoms with E-state index in [2.05, 4.69) is 0 Å². The Hall–Kier alpha value is -1.16. The number of carbonyl (C=O) groups excluding carboxylic acids is 1. The number of ketones is 1. The van der Waals surface area contributed by atoms with Crippen LogP contribution >= 0.6 is 0 Å². The minimum Gasteiger partial charge on any atom is -0.293 e. The van der Waals surface area contributed by atoms with E-state index in [-0.39, 0.29) is 5.78 Å². The van der Waals surface area contributed by atoms with Gasteiger partial charge in [0.1, 0.15) is 5.75 Å². The van der Waals surface area contributed by atoms with E-state index in [4.69, 9.17) is 0 Å². The molecule has 0 aliphatic rings. The second-order valence-electron chi connectivity index (χ2n) is 3.82. The van der Waals surface area contributed by atoms with Crippen LogP contribution in [0.4, 0.5) is 0 Å². The second-order valence-corrected chi connectivity index (χ2v) is 6.23. The van der Waals surface area contributed by atoms with E-state index in [0.717, 1.165) is 0 Å². The van der Waals surface area contributed by atoms with E-state index in [1.54, 1.807) is 44.2 Å². The van der Waals surface area contributed by atoms with Gasteiger partial charge < -0.3 is 0 Å². The summed E-state index contributed by atoms with van der Waals surface area (Å²) in [4.78, 5) is 11.7. The minimum atomic E-state index is -3.31. The summed E-state index contributed by atoms with van der Waals surface area (Å²) in [5.74, 6) is -0.729. The molecule has 1 unspecified atom stereocenters. The monoisotopic (exact) mass is 240 g/mol. The Morgan fingerprint density at radius 1 is 1.25 bits per heavy atom. The summed E-state index contributed by atoms with van der Waals surface area (Å²) in [6.07, 6.45) is 0.532. The molecule has 0 N–H and O–H groups in total. The first-order valence-corrected chi connectivity index (χ1v) is 6.98. The highest BCUT2D eigenvalue weighted by molar-refractivity contribution is 7.92. The molecule has 0 amide bonds. The zero-order chi connectivity index (χ0) is 12.2. The largest absolute Gasteiger partial charge is 0.293 e. The van der Waals surface area contributed by atoms with Crippen LogP contribution in [0, 0.1) is 0 Å². The number of hydrogen-bond acceptors (Lipinski definition) is 3. The Morgan fingerprint density at radius 2 is 1.81 bits per heavy atom. The van der Waals surface area contributed by atoms with Gasteiger partial charge in [-0.1, -0.05) is 37.3 Å². The third kappa shape index (κ3) is 3.17. The Morgan fingerprint density at radius 3 is 2.31 bits per heavy atom. The Kier molecular flexibility index (Phi) is 4.24. The molecule has 0 aliphatic carbocycles. The Balaban J connectivity index is 2.80. The zero-order valence-electron chi connectivity index (χ0n) is 9.51. The lowest BCUT2D eigenvalue weighted by Crippen LogP contribution is -2.25. The Labute approximate surface area is 96.4 Å². The lowest BCUT2D eigenvalue weighted by atomic mass is 10.2. The molecular weight excluding hydrogens is 224 g/mol. The van der Waals surface area contributed by atoms with Gasteiger partial charge in [-0.15, -0.1) is 0 Å². The molecule has 0 spiro atoms. The molecule has 3 nitrogen and oxygen atoms in total. The van der Waals surface area contributed by atoms with Gasteiger partial charge in [-0.3, -0.25) is 4.79 Å². The molecule has 1 aromatic rings. The summed E-state index contributed by atoms with van der Waals surface area (Å²) >= 11 is 0. The fourth-order valence-electron chi connectivity index (χ4n) is 1.29. The van der Waals surface area contributed by atoms with E-state index in [0.29, 0.717) is 12.0 Å². The van der Waals surface area contributed by atoms with Crippen LogP contribution in [0.2, 0.25) is 0 Å². The number of sulfone groups is 1. The summed E-state index contributed by atoms with van der Waals surface area (Å²) < 4.78 is 23.4. The maximum absolute atomic E-state index is 11.7. The van der Waals surface area contributed by atoms with Crippen LogP contribution in [-0.2, 0) is 9.84 Å². The summed E-state index contributed by atoms with van der Waals surface area (Å²) in [7, 11) is -3.31. The lowest BCUT2D eigenvalue weighted by Gasteiger charge is -2.09. The van der Waals surface area contributed by atoms with Crippen molar-refractivity contribution >= 4 is 15.6 Å². The molecule has 1 aromatic carbocycles. The van der Waals surface area contributed by atoms with Gasteiger partial charge in [-0.25, -0.2) is 8.42 Å². The minimum absolute atomic E-state index is 0.332. The average molecular weight is 240 g/mol. The molecule has 0 saturated carbocycles. The molecule has 0 aliphatic heterocycles. The smallest absolute Gasteiger partial charge is 0.177 e. The normalized spacial score (nSPS) is 13.4. The second kappa shape index (κ2) is 5.25. The third-order valence-corrected chi connectivity index (χ3v) is 4.84. The van der Waals surface area contributed by atoms with E-state index in [1.807, 2.05) is 0 Å². The summed E-state index contributed by atoms with van der Waals surface area (Å²) in [5.41, 5.74) is 0.453. The molecular formula is C12H16O3S. The SMILES string of the molecule is CCC(C)S(=O)(=O)CC(=O)c1ccccc1. The van der Waals surface area contributed by atoms with E-state index in [9.17, 15) is 13.2 Å². The summed E-state index contributed by atoms with van der Waals surface area (Å²) in [5, 5.41) is -0.458. The molecule has 0 bridgehead atoms. The number of benzene rings is 1. The van der Waals surface area contributed by atoms with Crippen molar-refractivity contribution < 1.29 is 13.2 Å². The van der Waals surface area contributed by atoms with E-state index < -0.39 is 20.8 Å². The molecule has 0 fully saturated rings. The fourth-order valence-corrected chi connectivity index (χ4v) is 2.61. The molecule has 0 radical (unpaired) electrons. The first kappa shape index (κ1) is 12.9. The van der Waals surface area contributed by atoms with Crippen molar-refractivity contribution in [2.24, 2.45) is 0 Å². The predicted octanol–water partition coefficient (Wildman–Crippen LogP) is 2.08. The van der Waals surface area contributed by atoms with Gasteiger partial charge in [-0.2, -0.15) is 0 Å². The summed E-state index contributed by atoms with van der Waals surface area (Å²) in [6.45, 7) is 3.43. The maximum Gasteiger partial charge on any atom is 0.177 e. The fraction of sp³-hybridized carbons (Fsp3) is 0.417. The van der Waals surface area contributed by atoms with Crippen LogP contribution in [0.3, 0.4) is 0 Å². The number of Topliss-reactive ketones (excluding diaryl/α,β-unsaturated/α-hetero) is 1. The lowest BCUT2D eigenvalue weighted by molar-refractivity contribution is 0.102. The Bertz CT molecular complexity index is 448. The highest BCUT2D eigenvalue weighted by Crippen LogP contribution is 2.09. The third-order valence-electron chi connectivity index (χ3n) is 2.62. The predicted molar refractivity (Wildman–Crippen MR) is 64.3 cm³/mol. The van der Waals surface area contributed by atoms with Crippen molar-refractivity contribution in [3.63, 3.8) is 0 Å². The van der Waals surface area contributed by atoms with Crippen LogP contribution in [0.25, 0.3) is 0 Å². The van der Waals surface area contributed by atoms with Crippen LogP contribution in [0.15, 0.2) is 30.3 Å². The van der Waals surface area contributed by atoms with Gasteiger partial charge in [0.05, 0.1) is 5.25 Å². The molecule has 0 aromatic heterocycles. The quantitative estimate of drug-likeness (QED) is 0.740. The van der Waals surface area contributed by atoms with Crippen molar-refractivity contribution in [2.75, 3.05) is 5.75 Å². The van der Waals surface area contributed by atoms with E-state index in [1.165, 1.54) is 0 Å². The first-order chi connectivity index (χ1) is 7.47. The van der Waals surface area contributed by atoms with Gasteiger partial charge in [0.15, 0.2) is 15.6 Å². The van der Waals surface area contributed by atoms with Crippen molar-refractivity contribution in [1.29, 1.82) is 0 Å². The van der Waals surface area contributed by atoms with Crippen LogP contribution < -0.4 is 0 Å². The highest BCUT2D eigenvalue weighted by Gasteiger charge is 2.23. The van der Waals surface area contributed by atoms with Gasteiger partial charge in [0.2, 0.25) is 0 Å². The molecule has 88 valence electrons. The van der Waals surface area contributed by atoms with Crippen LogP contribution in [0.1, 0.15) is 30.6 Å². The molecule has 1 rings (SSSR count). The standard InChI is InChI=1S/C12H16O3S/c1-3-10(2)16(14,15)9-12(13)11-7-5-4-6-8-11/h4-8,10H,3,9H2,1-2H3. The molecule has 0 heterocycles. The number of hydrogen-bond donors (Lipinski definition) is 0. The van der Waals surface area contributed by atoms with Crippen molar-refractivity contribution in [3.8, 4) is 0 Å². The molecule has 1 atom stereocenters. The highest BCUT2D eigenvalue weighted by atomic mass is 32.2. The molecule has 16 heavy (non-hydrogen) atoms. The first-order valence-electron chi connectivity index (χ1n) is 5.27. The van der Waals surface area contributed by atoms with Gasteiger partial charge in [-0.05, 0) is 13.3 Å². The van der Waals surface area contributed by atoms with Crippen LogP contribution in [0.5, 0.6) is 0 Å². The topological polar surface area (TPSA) is 51.2 Å². The number of rotatable bonds is 5. The van der Waals surface area contributed by atoms with Crippen LogP contribution in [-0.4, -0.2) is 25.2 Å². The average Bonchev–Trinajstić information content (AvgIpc) is 2.28. The molecule has 4 heteroatoms. The maximum atomic E-state index is 11.7. The van der Waals surface area contributed by atoms with Gasteiger partial charge in [0.25, 0.3) is 0 Å². The zero-order valence-corrected chi connectivity index (χ0v) is 10.3. The van der Waals surface area contributed by atoms with E-state index >= 15 is 0 Å². The number of carbonyl (C=O) groups is 1. The van der Waals surface area contributed by atoms with Crippen molar-refractivity contribution in [3.05, 3.63) is 35.9 Å². The van der Waals surface area contributed by atoms with Crippen molar-refractivity contribution in [2.45, 2.75) is 25.5 Å². The summed E-state index contributed by atoms with van der Waals surface area (Å²) in [6, 6.07) is 8.51. The van der Waals surface area contributed by atoms with Gasteiger partial charge >= 0.3 is 0 Å². The van der Waals surface area contributed by atoms with Crippen molar-refractivity contribution in [1.82, 2.24) is 0 Å². The molecule has 0 saturated heterocycles. The van der Waals surface area contributed by atoms with Gasteiger partial charge in [0, 0.05) is 5.56 Å².